The lowest BCUT2D eigenvalue weighted by Gasteiger charge is -2.07. The molecule has 1 aromatic rings. The Morgan fingerprint density at radius 3 is 2.47 bits per heavy atom. The van der Waals surface area contributed by atoms with E-state index in [0.29, 0.717) is 31.8 Å². The van der Waals surface area contributed by atoms with E-state index in [1.807, 2.05) is 0 Å². The van der Waals surface area contributed by atoms with Crippen LogP contribution in [0.2, 0.25) is 0 Å². The van der Waals surface area contributed by atoms with Crippen molar-refractivity contribution in [1.29, 1.82) is 0 Å². The lowest BCUT2D eigenvalue weighted by Crippen LogP contribution is -2.33. The van der Waals surface area contributed by atoms with Gasteiger partial charge in [0.05, 0.1) is 12.4 Å². The zero-order valence-electron chi connectivity index (χ0n) is 10.9. The van der Waals surface area contributed by atoms with Crippen LogP contribution in [-0.2, 0) is 20.5 Å². The molecule has 1 rings (SSSR count). The smallest absolute Gasteiger partial charge is 0.215 e. The monoisotopic (exact) mass is 290 g/mol. The molecule has 0 aliphatic carbocycles. The summed E-state index contributed by atoms with van der Waals surface area (Å²) in [6.07, 6.45) is 0. The van der Waals surface area contributed by atoms with Crippen molar-refractivity contribution in [1.82, 2.24) is 10.0 Å². The first-order valence-corrected chi connectivity index (χ1v) is 7.60. The van der Waals surface area contributed by atoms with Crippen LogP contribution in [0.15, 0.2) is 24.3 Å². The minimum absolute atomic E-state index is 0.147. The maximum atomic E-state index is 12.7. The first kappa shape index (κ1) is 16.0. The van der Waals surface area contributed by atoms with Crippen molar-refractivity contribution in [2.75, 3.05) is 33.4 Å². The molecular weight excluding hydrogens is 271 g/mol. The van der Waals surface area contributed by atoms with Crippen LogP contribution >= 0.6 is 0 Å². The number of halogens is 1. The molecule has 0 atom stereocenters. The van der Waals surface area contributed by atoms with E-state index < -0.39 is 10.0 Å². The molecule has 0 unspecified atom stereocenters. The second-order valence-corrected chi connectivity index (χ2v) is 5.83. The summed E-state index contributed by atoms with van der Waals surface area (Å²) in [5.41, 5.74) is 0.557. The Balaban J connectivity index is 2.30. The van der Waals surface area contributed by atoms with Gasteiger partial charge in [-0.3, -0.25) is 0 Å². The fraction of sp³-hybridized carbons (Fsp3) is 0.500. The average molecular weight is 290 g/mol. The standard InChI is InChI=1S/C12H19FN2O3S/c1-18-9-8-14-6-7-15-19(16,17)10-11-2-4-12(13)5-3-11/h2-5,14-15H,6-10H2,1H3. The number of rotatable bonds is 9. The molecular formula is C12H19FN2O3S. The van der Waals surface area contributed by atoms with Crippen LogP contribution in [0, 0.1) is 5.82 Å². The quantitative estimate of drug-likeness (QED) is 0.649. The molecule has 0 heterocycles. The van der Waals surface area contributed by atoms with Crippen LogP contribution in [0.25, 0.3) is 0 Å². The number of hydrogen-bond donors (Lipinski definition) is 2. The number of nitrogens with one attached hydrogen (secondary N) is 2. The molecule has 108 valence electrons. The van der Waals surface area contributed by atoms with Crippen molar-refractivity contribution in [3.63, 3.8) is 0 Å². The molecule has 0 radical (unpaired) electrons. The molecule has 1 aromatic carbocycles. The Kier molecular flexibility index (Phi) is 6.93. The molecule has 0 fully saturated rings. The minimum Gasteiger partial charge on any atom is -0.383 e. The fourth-order valence-corrected chi connectivity index (χ4v) is 2.59. The summed E-state index contributed by atoms with van der Waals surface area (Å²) in [5.74, 6) is -0.526. The predicted octanol–water partition coefficient (Wildman–Crippen LogP) is 0.481. The van der Waals surface area contributed by atoms with Crippen molar-refractivity contribution in [2.24, 2.45) is 0 Å². The third-order valence-electron chi connectivity index (χ3n) is 2.38. The molecule has 0 aliphatic rings. The first-order chi connectivity index (χ1) is 9.03. The Labute approximate surface area is 113 Å². The number of ether oxygens (including phenoxy) is 1. The molecule has 0 spiro atoms. The van der Waals surface area contributed by atoms with Gasteiger partial charge in [-0.15, -0.1) is 0 Å². The highest BCUT2D eigenvalue weighted by Crippen LogP contribution is 2.06. The van der Waals surface area contributed by atoms with Gasteiger partial charge in [-0.2, -0.15) is 0 Å². The van der Waals surface area contributed by atoms with Gasteiger partial charge >= 0.3 is 0 Å². The van der Waals surface area contributed by atoms with Gasteiger partial charge in [-0.1, -0.05) is 12.1 Å². The van der Waals surface area contributed by atoms with Crippen LogP contribution in [-0.4, -0.2) is 41.8 Å². The van der Waals surface area contributed by atoms with E-state index in [1.165, 1.54) is 24.3 Å². The van der Waals surface area contributed by atoms with Crippen LogP contribution < -0.4 is 10.0 Å². The average Bonchev–Trinajstić information content (AvgIpc) is 2.36. The number of methoxy groups -OCH3 is 1. The van der Waals surface area contributed by atoms with Crippen molar-refractivity contribution < 1.29 is 17.5 Å². The molecule has 0 amide bonds. The highest BCUT2D eigenvalue weighted by molar-refractivity contribution is 7.88. The number of sulfonamides is 1. The molecule has 7 heteroatoms. The first-order valence-electron chi connectivity index (χ1n) is 5.95. The summed E-state index contributed by atoms with van der Waals surface area (Å²) in [7, 11) is -1.78. The minimum atomic E-state index is -3.38. The maximum Gasteiger partial charge on any atom is 0.215 e. The summed E-state index contributed by atoms with van der Waals surface area (Å²) in [6, 6.07) is 5.42. The van der Waals surface area contributed by atoms with Gasteiger partial charge in [0.1, 0.15) is 5.82 Å². The summed E-state index contributed by atoms with van der Waals surface area (Å²) >= 11 is 0. The zero-order valence-corrected chi connectivity index (χ0v) is 11.7. The van der Waals surface area contributed by atoms with Crippen molar-refractivity contribution in [3.8, 4) is 0 Å². The highest BCUT2D eigenvalue weighted by atomic mass is 32.2. The highest BCUT2D eigenvalue weighted by Gasteiger charge is 2.10. The van der Waals surface area contributed by atoms with Crippen LogP contribution in [0.4, 0.5) is 4.39 Å². The lowest BCUT2D eigenvalue weighted by atomic mass is 10.2. The van der Waals surface area contributed by atoms with Crippen molar-refractivity contribution in [3.05, 3.63) is 35.6 Å². The maximum absolute atomic E-state index is 12.7. The topological polar surface area (TPSA) is 67.4 Å². The van der Waals surface area contributed by atoms with Gasteiger partial charge in [0.2, 0.25) is 10.0 Å². The predicted molar refractivity (Wildman–Crippen MR) is 71.8 cm³/mol. The van der Waals surface area contributed by atoms with E-state index in [0.717, 1.165) is 0 Å². The fourth-order valence-electron chi connectivity index (χ4n) is 1.45. The third kappa shape index (κ3) is 7.22. The molecule has 2 N–H and O–H groups in total. The number of hydrogen-bond acceptors (Lipinski definition) is 4. The lowest BCUT2D eigenvalue weighted by molar-refractivity contribution is 0.199. The van der Waals surface area contributed by atoms with Crippen molar-refractivity contribution in [2.45, 2.75) is 5.75 Å². The summed E-state index contributed by atoms with van der Waals surface area (Å²) in [4.78, 5) is 0. The number of benzene rings is 1. The Hall–Kier alpha value is -1.02. The molecule has 19 heavy (non-hydrogen) atoms. The molecule has 0 saturated heterocycles. The van der Waals surface area contributed by atoms with E-state index in [4.69, 9.17) is 4.74 Å². The Morgan fingerprint density at radius 2 is 1.84 bits per heavy atom. The Morgan fingerprint density at radius 1 is 1.16 bits per heavy atom. The zero-order chi connectivity index (χ0) is 14.1. The SMILES string of the molecule is COCCNCCNS(=O)(=O)Cc1ccc(F)cc1. The molecule has 0 saturated carbocycles. The summed E-state index contributed by atoms with van der Waals surface area (Å²) in [5, 5.41) is 3.03. The van der Waals surface area contributed by atoms with E-state index in [2.05, 4.69) is 10.0 Å². The van der Waals surface area contributed by atoms with Crippen LogP contribution in [0.1, 0.15) is 5.56 Å². The molecule has 0 aromatic heterocycles. The molecule has 0 aliphatic heterocycles. The van der Waals surface area contributed by atoms with Gasteiger partial charge in [-0.25, -0.2) is 17.5 Å². The van der Waals surface area contributed by atoms with E-state index in [-0.39, 0.29) is 11.6 Å². The molecule has 5 nitrogen and oxygen atoms in total. The van der Waals surface area contributed by atoms with Crippen LogP contribution in [0.3, 0.4) is 0 Å². The second-order valence-electron chi connectivity index (χ2n) is 4.02. The molecule has 0 bridgehead atoms. The largest absolute Gasteiger partial charge is 0.383 e. The van der Waals surface area contributed by atoms with Crippen molar-refractivity contribution >= 4 is 10.0 Å². The van der Waals surface area contributed by atoms with Gasteiger partial charge in [0.25, 0.3) is 0 Å². The summed E-state index contributed by atoms with van der Waals surface area (Å²) in [6.45, 7) is 2.11. The Bertz CT molecular complexity index is 462. The summed E-state index contributed by atoms with van der Waals surface area (Å²) < 4.78 is 43.4. The van der Waals surface area contributed by atoms with Gasteiger partial charge in [0, 0.05) is 26.7 Å². The second kappa shape index (κ2) is 8.21. The third-order valence-corrected chi connectivity index (χ3v) is 3.73. The van der Waals surface area contributed by atoms with Gasteiger partial charge in [-0.05, 0) is 17.7 Å². The van der Waals surface area contributed by atoms with E-state index in [1.54, 1.807) is 7.11 Å². The van der Waals surface area contributed by atoms with E-state index >= 15 is 0 Å². The van der Waals surface area contributed by atoms with Gasteiger partial charge in [0.15, 0.2) is 0 Å². The van der Waals surface area contributed by atoms with Gasteiger partial charge < -0.3 is 10.1 Å². The van der Waals surface area contributed by atoms with E-state index in [9.17, 15) is 12.8 Å². The van der Waals surface area contributed by atoms with Crippen LogP contribution in [0.5, 0.6) is 0 Å². The normalized spacial score (nSPS) is 11.7.